The van der Waals surface area contributed by atoms with Crippen molar-refractivity contribution in [2.24, 2.45) is 0 Å². The molecule has 2 saturated heterocycles. The minimum absolute atomic E-state index is 0.274. The molecule has 2 aliphatic rings. The molecule has 144 valence electrons. The van der Waals surface area contributed by atoms with Crippen LogP contribution in [0.4, 0.5) is 5.82 Å². The Labute approximate surface area is 160 Å². The molecule has 27 heavy (non-hydrogen) atoms. The fourth-order valence-corrected chi connectivity index (χ4v) is 6.26. The van der Waals surface area contributed by atoms with Crippen LogP contribution in [-0.2, 0) is 10.0 Å². The standard InChI is InChI=1S/C20H25N3O3S/c1-26-19-10-5-9-18(21-19)22-15-12-20(13-16-22)11-6-14-23(20)27(24,25)17-7-3-2-4-8-17/h2-5,7-10H,6,11-16H2,1H3. The van der Waals surface area contributed by atoms with Crippen molar-refractivity contribution in [1.82, 2.24) is 9.29 Å². The fraction of sp³-hybridized carbons (Fsp3) is 0.450. The molecule has 2 fully saturated rings. The number of rotatable bonds is 4. The van der Waals surface area contributed by atoms with E-state index in [1.807, 2.05) is 24.3 Å². The maximum Gasteiger partial charge on any atom is 0.243 e. The normalized spacial score (nSPS) is 20.1. The monoisotopic (exact) mass is 387 g/mol. The van der Waals surface area contributed by atoms with Crippen molar-refractivity contribution < 1.29 is 13.2 Å². The van der Waals surface area contributed by atoms with Crippen LogP contribution in [0.15, 0.2) is 53.4 Å². The second-order valence-corrected chi connectivity index (χ2v) is 9.11. The van der Waals surface area contributed by atoms with E-state index in [4.69, 9.17) is 4.74 Å². The van der Waals surface area contributed by atoms with Crippen molar-refractivity contribution in [3.63, 3.8) is 0 Å². The van der Waals surface area contributed by atoms with Crippen molar-refractivity contribution in [1.29, 1.82) is 0 Å². The number of anilines is 1. The first-order valence-corrected chi connectivity index (χ1v) is 10.8. The number of methoxy groups -OCH3 is 1. The smallest absolute Gasteiger partial charge is 0.243 e. The second kappa shape index (κ2) is 7.13. The molecular formula is C20H25N3O3S. The minimum atomic E-state index is -3.46. The highest BCUT2D eigenvalue weighted by molar-refractivity contribution is 7.89. The Hall–Kier alpha value is -2.12. The third-order valence-corrected chi connectivity index (χ3v) is 7.82. The largest absolute Gasteiger partial charge is 0.481 e. The third kappa shape index (κ3) is 3.30. The lowest BCUT2D eigenvalue weighted by Gasteiger charge is -2.44. The Morgan fingerprint density at radius 3 is 2.41 bits per heavy atom. The summed E-state index contributed by atoms with van der Waals surface area (Å²) in [5.41, 5.74) is -0.274. The van der Waals surface area contributed by atoms with Gasteiger partial charge in [-0.2, -0.15) is 9.29 Å². The number of nitrogens with zero attached hydrogens (tertiary/aromatic N) is 3. The molecule has 2 aromatic rings. The first kappa shape index (κ1) is 18.3. The molecule has 1 aromatic heterocycles. The topological polar surface area (TPSA) is 62.7 Å². The Balaban J connectivity index is 1.54. The van der Waals surface area contributed by atoms with E-state index in [2.05, 4.69) is 9.88 Å². The van der Waals surface area contributed by atoms with Crippen molar-refractivity contribution in [2.45, 2.75) is 36.1 Å². The second-order valence-electron chi connectivity index (χ2n) is 7.24. The summed E-state index contributed by atoms with van der Waals surface area (Å²) in [6.07, 6.45) is 3.48. The lowest BCUT2D eigenvalue weighted by molar-refractivity contribution is 0.192. The highest BCUT2D eigenvalue weighted by Gasteiger charge is 2.49. The SMILES string of the molecule is COc1cccc(N2CCC3(CCCN3S(=O)(=O)c3ccccc3)CC2)n1. The van der Waals surface area contributed by atoms with E-state index in [1.54, 1.807) is 35.7 Å². The molecule has 0 unspecified atom stereocenters. The molecule has 7 heteroatoms. The van der Waals surface area contributed by atoms with Gasteiger partial charge in [0.2, 0.25) is 15.9 Å². The van der Waals surface area contributed by atoms with E-state index in [0.29, 0.717) is 17.3 Å². The van der Waals surface area contributed by atoms with Gasteiger partial charge < -0.3 is 9.64 Å². The van der Waals surface area contributed by atoms with Crippen LogP contribution < -0.4 is 9.64 Å². The molecular weight excluding hydrogens is 362 g/mol. The molecule has 1 aromatic carbocycles. The van der Waals surface area contributed by atoms with Gasteiger partial charge in [0.15, 0.2) is 0 Å². The molecule has 0 N–H and O–H groups in total. The van der Waals surface area contributed by atoms with E-state index in [9.17, 15) is 8.42 Å². The van der Waals surface area contributed by atoms with Crippen molar-refractivity contribution in [2.75, 3.05) is 31.6 Å². The molecule has 0 saturated carbocycles. The Morgan fingerprint density at radius 1 is 0.963 bits per heavy atom. The van der Waals surface area contributed by atoms with Crippen LogP contribution in [0.5, 0.6) is 5.88 Å². The zero-order chi connectivity index (χ0) is 18.9. The van der Waals surface area contributed by atoms with E-state index in [-0.39, 0.29) is 5.54 Å². The number of ether oxygens (including phenoxy) is 1. The lowest BCUT2D eigenvalue weighted by Crippen LogP contribution is -2.54. The molecule has 0 amide bonds. The number of piperidine rings is 1. The molecule has 0 radical (unpaired) electrons. The summed E-state index contributed by atoms with van der Waals surface area (Å²) in [5, 5.41) is 0. The first-order chi connectivity index (χ1) is 13.0. The van der Waals surface area contributed by atoms with Crippen LogP contribution >= 0.6 is 0 Å². The summed E-state index contributed by atoms with van der Waals surface area (Å²) < 4.78 is 33.4. The molecule has 0 atom stereocenters. The van der Waals surface area contributed by atoms with E-state index in [0.717, 1.165) is 44.6 Å². The number of benzene rings is 1. The van der Waals surface area contributed by atoms with Crippen LogP contribution in [-0.4, -0.2) is 50.0 Å². The first-order valence-electron chi connectivity index (χ1n) is 9.39. The van der Waals surface area contributed by atoms with Gasteiger partial charge in [-0.15, -0.1) is 0 Å². The number of aromatic nitrogens is 1. The Bertz CT molecular complexity index is 894. The molecule has 3 heterocycles. The Morgan fingerprint density at radius 2 is 1.70 bits per heavy atom. The van der Waals surface area contributed by atoms with Crippen LogP contribution in [0.1, 0.15) is 25.7 Å². The minimum Gasteiger partial charge on any atom is -0.481 e. The van der Waals surface area contributed by atoms with Crippen molar-refractivity contribution in [3.8, 4) is 5.88 Å². The summed E-state index contributed by atoms with van der Waals surface area (Å²) in [6.45, 7) is 2.19. The number of hydrogen-bond donors (Lipinski definition) is 0. The average molecular weight is 388 g/mol. The molecule has 6 nitrogen and oxygen atoms in total. The van der Waals surface area contributed by atoms with Gasteiger partial charge in [-0.1, -0.05) is 24.3 Å². The zero-order valence-corrected chi connectivity index (χ0v) is 16.4. The van der Waals surface area contributed by atoms with Crippen LogP contribution in [0.3, 0.4) is 0 Å². The summed E-state index contributed by atoms with van der Waals surface area (Å²) in [5.74, 6) is 1.49. The summed E-state index contributed by atoms with van der Waals surface area (Å²) in [4.78, 5) is 7.13. The number of sulfonamides is 1. The van der Waals surface area contributed by atoms with Gasteiger partial charge in [0.05, 0.1) is 12.0 Å². The predicted molar refractivity (Wildman–Crippen MR) is 105 cm³/mol. The van der Waals surface area contributed by atoms with Gasteiger partial charge in [-0.05, 0) is 43.9 Å². The molecule has 2 aliphatic heterocycles. The third-order valence-electron chi connectivity index (χ3n) is 5.80. The van der Waals surface area contributed by atoms with E-state index in [1.165, 1.54) is 0 Å². The number of hydrogen-bond acceptors (Lipinski definition) is 5. The summed E-state index contributed by atoms with van der Waals surface area (Å²) in [7, 11) is -1.85. The molecule has 4 rings (SSSR count). The van der Waals surface area contributed by atoms with Crippen LogP contribution in [0, 0.1) is 0 Å². The summed E-state index contributed by atoms with van der Waals surface area (Å²) >= 11 is 0. The highest BCUT2D eigenvalue weighted by atomic mass is 32.2. The fourth-order valence-electron chi connectivity index (χ4n) is 4.35. The van der Waals surface area contributed by atoms with Crippen LogP contribution in [0.2, 0.25) is 0 Å². The maximum absolute atomic E-state index is 13.2. The van der Waals surface area contributed by atoms with Gasteiger partial charge >= 0.3 is 0 Å². The van der Waals surface area contributed by atoms with Gasteiger partial charge in [0.1, 0.15) is 5.82 Å². The lowest BCUT2D eigenvalue weighted by atomic mass is 9.86. The Kier molecular flexibility index (Phi) is 4.82. The van der Waals surface area contributed by atoms with E-state index < -0.39 is 10.0 Å². The quantitative estimate of drug-likeness (QED) is 0.807. The van der Waals surface area contributed by atoms with Crippen molar-refractivity contribution >= 4 is 15.8 Å². The van der Waals surface area contributed by atoms with Crippen molar-refractivity contribution in [3.05, 3.63) is 48.5 Å². The molecule has 1 spiro atoms. The zero-order valence-electron chi connectivity index (χ0n) is 15.5. The molecule has 0 bridgehead atoms. The maximum atomic E-state index is 13.2. The van der Waals surface area contributed by atoms with Crippen LogP contribution in [0.25, 0.3) is 0 Å². The van der Waals surface area contributed by atoms with Gasteiger partial charge in [0.25, 0.3) is 0 Å². The highest BCUT2D eigenvalue weighted by Crippen LogP contribution is 2.42. The number of pyridine rings is 1. The molecule has 0 aliphatic carbocycles. The van der Waals surface area contributed by atoms with E-state index >= 15 is 0 Å². The van der Waals surface area contributed by atoms with Gasteiger partial charge in [-0.3, -0.25) is 0 Å². The predicted octanol–water partition coefficient (Wildman–Crippen LogP) is 2.91. The van der Waals surface area contributed by atoms with Gasteiger partial charge in [0, 0.05) is 31.2 Å². The summed E-state index contributed by atoms with van der Waals surface area (Å²) in [6, 6.07) is 14.5. The average Bonchev–Trinajstić information content (AvgIpc) is 3.13. The van der Waals surface area contributed by atoms with Gasteiger partial charge in [-0.25, -0.2) is 8.42 Å².